The topological polar surface area (TPSA) is 97.3 Å². The van der Waals surface area contributed by atoms with E-state index in [4.69, 9.17) is 9.47 Å². The van der Waals surface area contributed by atoms with Crippen LogP contribution >= 0.6 is 0 Å². The maximum absolute atomic E-state index is 13.2. The number of carbonyl (C=O) groups excluding carboxylic acids is 1. The molecule has 0 heterocycles. The monoisotopic (exact) mass is 467 g/mol. The molecule has 0 spiro atoms. The molecule has 1 N–H and O–H groups in total. The van der Waals surface area contributed by atoms with E-state index in [1.54, 1.807) is 48.5 Å². The van der Waals surface area contributed by atoms with Gasteiger partial charge in [0.25, 0.3) is 5.91 Å². The van der Waals surface area contributed by atoms with Gasteiger partial charge in [-0.25, -0.2) is 13.8 Å². The Hall–Kier alpha value is -3.69. The van der Waals surface area contributed by atoms with Gasteiger partial charge in [0.15, 0.2) is 11.5 Å². The van der Waals surface area contributed by atoms with Crippen molar-refractivity contribution in [2.24, 2.45) is 5.10 Å². The quantitative estimate of drug-likeness (QED) is 0.365. The number of hydrogen-bond donors (Lipinski definition) is 1. The van der Waals surface area contributed by atoms with Gasteiger partial charge in [0.05, 0.1) is 31.9 Å². The number of sulfonamides is 1. The highest BCUT2D eigenvalue weighted by Gasteiger charge is 2.26. The summed E-state index contributed by atoms with van der Waals surface area (Å²) in [6.45, 7) is -0.347. The molecule has 3 aromatic rings. The van der Waals surface area contributed by atoms with Crippen LogP contribution in [-0.4, -0.2) is 45.6 Å². The summed E-state index contributed by atoms with van der Waals surface area (Å²) in [4.78, 5) is 12.7. The molecule has 0 bridgehead atoms. The first kappa shape index (κ1) is 24.0. The van der Waals surface area contributed by atoms with Crippen molar-refractivity contribution < 1.29 is 22.7 Å². The molecule has 8 nitrogen and oxygen atoms in total. The van der Waals surface area contributed by atoms with Crippen LogP contribution in [0.4, 0.5) is 0 Å². The highest BCUT2D eigenvalue weighted by molar-refractivity contribution is 7.89. The Labute approximate surface area is 193 Å². The van der Waals surface area contributed by atoms with Gasteiger partial charge >= 0.3 is 0 Å². The SMILES string of the molecule is COc1ccc(C=NNC(=O)CN(Cc2ccccc2)S(=O)(=O)c2ccccc2)cc1OC. The zero-order valence-electron chi connectivity index (χ0n) is 18.3. The molecule has 33 heavy (non-hydrogen) atoms. The van der Waals surface area contributed by atoms with Crippen LogP contribution in [0.3, 0.4) is 0 Å². The van der Waals surface area contributed by atoms with Gasteiger partial charge in [0.2, 0.25) is 10.0 Å². The molecule has 0 aliphatic carbocycles. The van der Waals surface area contributed by atoms with Crippen LogP contribution in [0, 0.1) is 0 Å². The molecular weight excluding hydrogens is 442 g/mol. The van der Waals surface area contributed by atoms with E-state index in [1.807, 2.05) is 18.2 Å². The number of carbonyl (C=O) groups is 1. The Morgan fingerprint density at radius 1 is 0.939 bits per heavy atom. The lowest BCUT2D eigenvalue weighted by Crippen LogP contribution is -2.39. The van der Waals surface area contributed by atoms with E-state index >= 15 is 0 Å². The second-order valence-electron chi connectivity index (χ2n) is 6.98. The molecule has 172 valence electrons. The smallest absolute Gasteiger partial charge is 0.255 e. The first-order chi connectivity index (χ1) is 15.9. The number of benzene rings is 3. The lowest BCUT2D eigenvalue weighted by molar-refractivity contribution is -0.121. The van der Waals surface area contributed by atoms with Gasteiger partial charge in [-0.15, -0.1) is 0 Å². The molecule has 0 atom stereocenters. The number of hydrazone groups is 1. The molecular formula is C24H25N3O5S. The summed E-state index contributed by atoms with van der Waals surface area (Å²) in [5.74, 6) is 0.527. The third-order valence-electron chi connectivity index (χ3n) is 4.71. The standard InChI is InChI=1S/C24H25N3O5S/c1-31-22-14-13-20(15-23(22)32-2)16-25-26-24(28)18-27(17-19-9-5-3-6-10-19)33(29,30)21-11-7-4-8-12-21/h3-16H,17-18H2,1-2H3,(H,26,28). The maximum Gasteiger partial charge on any atom is 0.255 e. The molecule has 0 unspecified atom stereocenters. The summed E-state index contributed by atoms with van der Waals surface area (Å²) in [5, 5.41) is 3.94. The fourth-order valence-corrected chi connectivity index (χ4v) is 4.47. The predicted octanol–water partition coefficient (Wildman–Crippen LogP) is 3.05. The van der Waals surface area contributed by atoms with Crippen molar-refractivity contribution in [2.75, 3.05) is 20.8 Å². The van der Waals surface area contributed by atoms with Gasteiger partial charge in [0, 0.05) is 6.54 Å². The van der Waals surface area contributed by atoms with Crippen molar-refractivity contribution in [3.63, 3.8) is 0 Å². The number of rotatable bonds is 10. The molecule has 3 rings (SSSR count). The Morgan fingerprint density at radius 2 is 1.58 bits per heavy atom. The Balaban J connectivity index is 1.74. The fourth-order valence-electron chi connectivity index (χ4n) is 3.06. The molecule has 3 aromatic carbocycles. The van der Waals surface area contributed by atoms with Gasteiger partial charge in [-0.05, 0) is 41.5 Å². The van der Waals surface area contributed by atoms with E-state index in [1.165, 1.54) is 32.6 Å². The highest BCUT2D eigenvalue weighted by atomic mass is 32.2. The molecule has 0 aliphatic rings. The minimum absolute atomic E-state index is 0.0465. The minimum atomic E-state index is -3.90. The number of amides is 1. The first-order valence-electron chi connectivity index (χ1n) is 10.1. The van der Waals surface area contributed by atoms with Crippen LogP contribution in [0.25, 0.3) is 0 Å². The third-order valence-corrected chi connectivity index (χ3v) is 6.52. The van der Waals surface area contributed by atoms with Gasteiger partial charge < -0.3 is 9.47 Å². The maximum atomic E-state index is 13.2. The Kier molecular flexibility index (Phi) is 8.17. The zero-order chi connectivity index (χ0) is 23.7. The summed E-state index contributed by atoms with van der Waals surface area (Å²) < 4.78 is 37.9. The largest absolute Gasteiger partial charge is 0.493 e. The van der Waals surface area contributed by atoms with Crippen LogP contribution in [0.1, 0.15) is 11.1 Å². The molecule has 0 aliphatic heterocycles. The number of nitrogens with one attached hydrogen (secondary N) is 1. The van der Waals surface area contributed by atoms with Crippen LogP contribution in [0.5, 0.6) is 11.5 Å². The van der Waals surface area contributed by atoms with E-state index in [9.17, 15) is 13.2 Å². The average Bonchev–Trinajstić information content (AvgIpc) is 2.84. The lowest BCUT2D eigenvalue weighted by Gasteiger charge is -2.21. The highest BCUT2D eigenvalue weighted by Crippen LogP contribution is 2.26. The van der Waals surface area contributed by atoms with Gasteiger partial charge in [0.1, 0.15) is 0 Å². The van der Waals surface area contributed by atoms with Crippen molar-refractivity contribution in [1.29, 1.82) is 0 Å². The summed E-state index contributed by atoms with van der Waals surface area (Å²) in [6, 6.07) is 22.3. The molecule has 0 saturated carbocycles. The second kappa shape index (κ2) is 11.3. The number of methoxy groups -OCH3 is 2. The van der Waals surface area contributed by atoms with Crippen LogP contribution in [-0.2, 0) is 21.4 Å². The number of ether oxygens (including phenoxy) is 2. The predicted molar refractivity (Wildman–Crippen MR) is 126 cm³/mol. The van der Waals surface area contributed by atoms with E-state index in [2.05, 4.69) is 10.5 Å². The molecule has 9 heteroatoms. The normalized spacial score (nSPS) is 11.5. The first-order valence-corrected chi connectivity index (χ1v) is 11.5. The van der Waals surface area contributed by atoms with E-state index in [-0.39, 0.29) is 11.4 Å². The molecule has 0 aromatic heterocycles. The third kappa shape index (κ3) is 6.41. The zero-order valence-corrected chi connectivity index (χ0v) is 19.2. The molecule has 0 radical (unpaired) electrons. The van der Waals surface area contributed by atoms with Crippen molar-refractivity contribution in [3.05, 3.63) is 90.0 Å². The van der Waals surface area contributed by atoms with Crippen LogP contribution in [0.2, 0.25) is 0 Å². The van der Waals surface area contributed by atoms with Crippen LogP contribution < -0.4 is 14.9 Å². The summed E-state index contributed by atoms with van der Waals surface area (Å²) in [7, 11) is -0.837. The van der Waals surface area contributed by atoms with Crippen molar-refractivity contribution in [3.8, 4) is 11.5 Å². The van der Waals surface area contributed by atoms with E-state index < -0.39 is 22.5 Å². The summed E-state index contributed by atoms with van der Waals surface area (Å²) in [5.41, 5.74) is 3.82. The average molecular weight is 468 g/mol. The van der Waals surface area contributed by atoms with Gasteiger partial charge in [-0.2, -0.15) is 9.41 Å². The second-order valence-corrected chi connectivity index (χ2v) is 8.92. The van der Waals surface area contributed by atoms with Crippen molar-refractivity contribution >= 4 is 22.1 Å². The summed E-state index contributed by atoms with van der Waals surface area (Å²) in [6.07, 6.45) is 1.44. The summed E-state index contributed by atoms with van der Waals surface area (Å²) >= 11 is 0. The van der Waals surface area contributed by atoms with Crippen LogP contribution in [0.15, 0.2) is 88.9 Å². The number of nitrogens with zero attached hydrogens (tertiary/aromatic N) is 2. The van der Waals surface area contributed by atoms with Gasteiger partial charge in [-0.3, -0.25) is 4.79 Å². The van der Waals surface area contributed by atoms with Crippen molar-refractivity contribution in [2.45, 2.75) is 11.4 Å². The minimum Gasteiger partial charge on any atom is -0.493 e. The fraction of sp³-hybridized carbons (Fsp3) is 0.167. The van der Waals surface area contributed by atoms with Gasteiger partial charge in [-0.1, -0.05) is 48.5 Å². The Morgan fingerprint density at radius 3 is 2.21 bits per heavy atom. The van der Waals surface area contributed by atoms with E-state index in [0.717, 1.165) is 9.87 Å². The Bertz CT molecular complexity index is 1200. The lowest BCUT2D eigenvalue weighted by atomic mass is 10.2. The molecule has 0 saturated heterocycles. The van der Waals surface area contributed by atoms with Crippen molar-refractivity contribution in [1.82, 2.24) is 9.73 Å². The molecule has 0 fully saturated rings. The van der Waals surface area contributed by atoms with E-state index in [0.29, 0.717) is 17.1 Å². The molecule has 1 amide bonds. The number of hydrogen-bond acceptors (Lipinski definition) is 6.